The van der Waals surface area contributed by atoms with E-state index in [1.807, 2.05) is 0 Å². The number of nitrogens with one attached hydrogen (secondary N) is 2. The molecule has 2 N–H and O–H groups in total. The third kappa shape index (κ3) is 4.94. The van der Waals surface area contributed by atoms with Crippen molar-refractivity contribution in [3.05, 3.63) is 84.4 Å². The van der Waals surface area contributed by atoms with Crippen molar-refractivity contribution in [1.29, 1.82) is 0 Å². The molecule has 0 fully saturated rings. The van der Waals surface area contributed by atoms with Crippen LogP contribution < -0.4 is 10.6 Å². The Labute approximate surface area is 168 Å². The molecule has 0 bridgehead atoms. The lowest BCUT2D eigenvalue weighted by Gasteiger charge is -2.10. The SMILES string of the molecule is O=C(Nc1ccc(C(F)(F)F)cc1)Nc1ccc(S(=O)(=O)c2ccccc2)cc1.[HH].[HH]. The number of carbonyl (C=O) groups is 1. The first kappa shape index (κ1) is 20.4. The summed E-state index contributed by atoms with van der Waals surface area (Å²) in [7, 11) is -3.67. The van der Waals surface area contributed by atoms with Crippen molar-refractivity contribution in [2.24, 2.45) is 0 Å². The lowest BCUT2D eigenvalue weighted by molar-refractivity contribution is -0.137. The van der Waals surface area contributed by atoms with Crippen LogP contribution in [0.2, 0.25) is 0 Å². The van der Waals surface area contributed by atoms with E-state index in [1.54, 1.807) is 18.2 Å². The van der Waals surface area contributed by atoms with Gasteiger partial charge in [-0.05, 0) is 60.7 Å². The third-order valence-electron chi connectivity index (χ3n) is 3.95. The van der Waals surface area contributed by atoms with Crippen LogP contribution in [0.3, 0.4) is 0 Å². The summed E-state index contributed by atoms with van der Waals surface area (Å²) in [4.78, 5) is 12.2. The van der Waals surface area contributed by atoms with Crippen molar-refractivity contribution in [2.45, 2.75) is 16.0 Å². The van der Waals surface area contributed by atoms with Gasteiger partial charge in [0.1, 0.15) is 0 Å². The van der Waals surface area contributed by atoms with Crippen molar-refractivity contribution in [3.8, 4) is 0 Å². The Hall–Kier alpha value is -3.33. The molecule has 0 aliphatic heterocycles. The molecule has 0 radical (unpaired) electrons. The highest BCUT2D eigenvalue weighted by atomic mass is 32.2. The van der Waals surface area contributed by atoms with Crippen LogP contribution in [-0.4, -0.2) is 14.4 Å². The summed E-state index contributed by atoms with van der Waals surface area (Å²) in [6.45, 7) is 0. The first-order chi connectivity index (χ1) is 13.7. The van der Waals surface area contributed by atoms with E-state index in [2.05, 4.69) is 10.6 Å². The predicted octanol–water partition coefficient (Wildman–Crippen LogP) is 5.67. The molecule has 0 atom stereocenters. The molecule has 3 aromatic carbocycles. The van der Waals surface area contributed by atoms with E-state index in [-0.39, 0.29) is 18.3 Å². The van der Waals surface area contributed by atoms with Crippen LogP contribution in [0.25, 0.3) is 0 Å². The average Bonchev–Trinajstić information content (AvgIpc) is 2.69. The van der Waals surface area contributed by atoms with E-state index in [0.29, 0.717) is 5.69 Å². The highest BCUT2D eigenvalue weighted by molar-refractivity contribution is 7.91. The number of anilines is 2. The maximum Gasteiger partial charge on any atom is 0.416 e. The van der Waals surface area contributed by atoms with E-state index in [9.17, 15) is 26.4 Å². The summed E-state index contributed by atoms with van der Waals surface area (Å²) >= 11 is 0. The van der Waals surface area contributed by atoms with Crippen molar-refractivity contribution in [2.75, 3.05) is 10.6 Å². The van der Waals surface area contributed by atoms with Crippen LogP contribution in [0.4, 0.5) is 29.3 Å². The lowest BCUT2D eigenvalue weighted by Crippen LogP contribution is -2.19. The number of hydrogen-bond acceptors (Lipinski definition) is 3. The molecule has 0 heterocycles. The fraction of sp³-hybridized carbons (Fsp3) is 0.0500. The van der Waals surface area contributed by atoms with Crippen molar-refractivity contribution < 1.29 is 29.2 Å². The summed E-state index contributed by atoms with van der Waals surface area (Å²) < 4.78 is 62.7. The van der Waals surface area contributed by atoms with E-state index in [0.717, 1.165) is 24.3 Å². The van der Waals surface area contributed by atoms with E-state index >= 15 is 0 Å². The smallest absolute Gasteiger partial charge is 0.308 e. The molecule has 0 unspecified atom stereocenters. The Bertz CT molecular complexity index is 1110. The zero-order valence-corrected chi connectivity index (χ0v) is 15.6. The molecule has 3 rings (SSSR count). The topological polar surface area (TPSA) is 75.3 Å². The molecule has 5 nitrogen and oxygen atoms in total. The summed E-state index contributed by atoms with van der Waals surface area (Å²) in [5, 5.41) is 4.89. The van der Waals surface area contributed by atoms with Gasteiger partial charge in [-0.2, -0.15) is 13.2 Å². The van der Waals surface area contributed by atoms with Gasteiger partial charge in [0.05, 0.1) is 15.4 Å². The minimum Gasteiger partial charge on any atom is -0.308 e. The van der Waals surface area contributed by atoms with Crippen LogP contribution in [0, 0.1) is 0 Å². The summed E-state index contributed by atoms with van der Waals surface area (Å²) in [6, 6.07) is 16.8. The number of urea groups is 1. The van der Waals surface area contributed by atoms with Gasteiger partial charge in [-0.3, -0.25) is 0 Å². The molecule has 29 heavy (non-hydrogen) atoms. The minimum atomic E-state index is -4.46. The van der Waals surface area contributed by atoms with Gasteiger partial charge in [0.25, 0.3) is 0 Å². The molecular weight excluding hydrogens is 405 g/mol. The number of hydrogen-bond donors (Lipinski definition) is 2. The fourth-order valence-corrected chi connectivity index (χ4v) is 3.77. The number of rotatable bonds is 4. The quantitative estimate of drug-likeness (QED) is 0.566. The average molecular weight is 424 g/mol. The normalized spacial score (nSPS) is 11.7. The third-order valence-corrected chi connectivity index (χ3v) is 5.73. The number of amides is 2. The van der Waals surface area contributed by atoms with Crippen LogP contribution in [0.1, 0.15) is 8.42 Å². The molecule has 0 spiro atoms. The fourth-order valence-electron chi connectivity index (χ4n) is 2.49. The largest absolute Gasteiger partial charge is 0.416 e. The number of halogens is 3. The monoisotopic (exact) mass is 424 g/mol. The summed E-state index contributed by atoms with van der Waals surface area (Å²) in [6.07, 6.45) is -4.46. The zero-order valence-electron chi connectivity index (χ0n) is 14.8. The van der Waals surface area contributed by atoms with Crippen LogP contribution in [0.5, 0.6) is 0 Å². The van der Waals surface area contributed by atoms with Crippen molar-refractivity contribution in [3.63, 3.8) is 0 Å². The van der Waals surface area contributed by atoms with Gasteiger partial charge in [-0.25, -0.2) is 13.2 Å². The molecule has 9 heteroatoms. The Kier molecular flexibility index (Phi) is 5.60. The summed E-state index contributed by atoms with van der Waals surface area (Å²) in [5.74, 6) is 0. The highest BCUT2D eigenvalue weighted by Crippen LogP contribution is 2.30. The van der Waals surface area contributed by atoms with Crippen molar-refractivity contribution in [1.82, 2.24) is 0 Å². The van der Waals surface area contributed by atoms with Gasteiger partial charge < -0.3 is 10.6 Å². The molecule has 0 saturated carbocycles. The first-order valence-corrected chi connectivity index (χ1v) is 9.80. The molecule has 0 aliphatic carbocycles. The van der Waals surface area contributed by atoms with Crippen LogP contribution >= 0.6 is 0 Å². The molecule has 0 aliphatic rings. The van der Waals surface area contributed by atoms with Gasteiger partial charge in [-0.15, -0.1) is 0 Å². The Balaban J connectivity index is 0.00000240. The minimum absolute atomic E-state index is 0. The Morgan fingerprint density at radius 1 is 0.724 bits per heavy atom. The molecule has 0 saturated heterocycles. The van der Waals surface area contributed by atoms with E-state index < -0.39 is 27.6 Å². The molecule has 2 amide bonds. The predicted molar refractivity (Wildman–Crippen MR) is 107 cm³/mol. The van der Waals surface area contributed by atoms with E-state index in [1.165, 1.54) is 36.4 Å². The standard InChI is InChI=1S/C20H15F3N2O3S.2H2/c21-20(22,23)14-6-8-15(9-7-14)24-19(26)25-16-10-12-18(13-11-16)29(27,28)17-4-2-1-3-5-17;;/h1-13H,(H2,24,25,26);2*1H. The maximum atomic E-state index is 12.6. The highest BCUT2D eigenvalue weighted by Gasteiger charge is 2.30. The van der Waals surface area contributed by atoms with Gasteiger partial charge in [0, 0.05) is 14.2 Å². The maximum absolute atomic E-state index is 12.6. The number of benzene rings is 3. The van der Waals surface area contributed by atoms with Crippen LogP contribution in [0.15, 0.2) is 88.7 Å². The van der Waals surface area contributed by atoms with Gasteiger partial charge in [0.2, 0.25) is 9.84 Å². The second-order valence-corrected chi connectivity index (χ2v) is 7.94. The van der Waals surface area contributed by atoms with E-state index in [4.69, 9.17) is 0 Å². The zero-order chi connectivity index (χ0) is 21.1. The molecule has 3 aromatic rings. The van der Waals surface area contributed by atoms with Gasteiger partial charge in [-0.1, -0.05) is 18.2 Å². The summed E-state index contributed by atoms with van der Waals surface area (Å²) in [5.41, 5.74) is -0.320. The number of sulfone groups is 1. The second-order valence-electron chi connectivity index (χ2n) is 6.00. The Morgan fingerprint density at radius 2 is 1.17 bits per heavy atom. The lowest BCUT2D eigenvalue weighted by atomic mass is 10.2. The van der Waals surface area contributed by atoms with Gasteiger partial charge in [0.15, 0.2) is 0 Å². The first-order valence-electron chi connectivity index (χ1n) is 8.32. The Morgan fingerprint density at radius 3 is 1.66 bits per heavy atom. The van der Waals surface area contributed by atoms with Crippen molar-refractivity contribution >= 4 is 27.2 Å². The molecule has 154 valence electrons. The second kappa shape index (κ2) is 7.96. The molecule has 0 aromatic heterocycles. The number of carbonyl (C=O) groups excluding carboxylic acids is 1. The molecular formula is C20H19F3N2O3S. The van der Waals surface area contributed by atoms with Gasteiger partial charge >= 0.3 is 12.2 Å². The van der Waals surface area contributed by atoms with Crippen LogP contribution in [-0.2, 0) is 16.0 Å². The number of alkyl halides is 3.